The highest BCUT2D eigenvalue weighted by atomic mass is 32.1. The number of thiazole rings is 1. The Morgan fingerprint density at radius 2 is 1.81 bits per heavy atom. The molecule has 0 aliphatic rings. The van der Waals surface area contributed by atoms with Gasteiger partial charge in [-0.05, 0) is 35.8 Å². The second kappa shape index (κ2) is 9.66. The first kappa shape index (κ1) is 20.9. The summed E-state index contributed by atoms with van der Waals surface area (Å²) in [6.07, 6.45) is 5.47. The van der Waals surface area contributed by atoms with E-state index in [1.165, 1.54) is 4.52 Å². The van der Waals surface area contributed by atoms with Gasteiger partial charge in [-0.2, -0.15) is 14.6 Å². The van der Waals surface area contributed by atoms with Crippen LogP contribution in [0.25, 0.3) is 11.0 Å². The van der Waals surface area contributed by atoms with Gasteiger partial charge in [-0.25, -0.2) is 0 Å². The topological polar surface area (TPSA) is 73.6 Å². The second-order valence-electron chi connectivity index (χ2n) is 7.26. The fraction of sp³-hybridized carbons (Fsp3) is 0.250. The summed E-state index contributed by atoms with van der Waals surface area (Å²) < 4.78 is 7.43. The maximum absolute atomic E-state index is 12.8. The summed E-state index contributed by atoms with van der Waals surface area (Å²) in [6, 6.07) is 17.1. The SMILES string of the molecule is CCCCCOc1ccc(/C=c2\sc3nc(=O)c(Cc4ccccc4)nn3c2=O)cc1. The molecule has 2 aromatic carbocycles. The van der Waals surface area contributed by atoms with Crippen LogP contribution >= 0.6 is 11.3 Å². The molecular formula is C24H23N3O3S. The van der Waals surface area contributed by atoms with Crippen LogP contribution in [-0.2, 0) is 6.42 Å². The summed E-state index contributed by atoms with van der Waals surface area (Å²) in [5.74, 6) is 0.811. The number of aromatic nitrogens is 3. The third kappa shape index (κ3) is 5.06. The van der Waals surface area contributed by atoms with Gasteiger partial charge in [-0.1, -0.05) is 73.6 Å². The first-order valence-electron chi connectivity index (χ1n) is 10.4. The molecule has 0 spiro atoms. The molecule has 2 heterocycles. The molecule has 0 radical (unpaired) electrons. The Labute approximate surface area is 183 Å². The molecule has 0 fully saturated rings. The van der Waals surface area contributed by atoms with Crippen LogP contribution in [0.1, 0.15) is 43.0 Å². The van der Waals surface area contributed by atoms with Crippen LogP contribution in [-0.4, -0.2) is 21.2 Å². The lowest BCUT2D eigenvalue weighted by Crippen LogP contribution is -2.28. The lowest BCUT2D eigenvalue weighted by atomic mass is 10.1. The van der Waals surface area contributed by atoms with Crippen molar-refractivity contribution in [2.45, 2.75) is 32.6 Å². The Kier molecular flexibility index (Phi) is 6.52. The van der Waals surface area contributed by atoms with E-state index in [0.717, 1.165) is 47.5 Å². The highest BCUT2D eigenvalue weighted by Crippen LogP contribution is 2.13. The maximum Gasteiger partial charge on any atom is 0.296 e. The standard InChI is InChI=1S/C24H23N3O3S/c1-2-3-7-14-30-19-12-10-18(11-13-19)16-21-23(29)27-24(31-21)25-22(28)20(26-27)15-17-8-5-4-6-9-17/h4-6,8-13,16H,2-3,7,14-15H2,1H3/b21-16-. The van der Waals surface area contributed by atoms with Crippen molar-refractivity contribution in [2.75, 3.05) is 6.61 Å². The van der Waals surface area contributed by atoms with Gasteiger partial charge in [0.25, 0.3) is 11.1 Å². The molecule has 158 valence electrons. The van der Waals surface area contributed by atoms with E-state index in [4.69, 9.17) is 4.74 Å². The molecule has 0 atom stereocenters. The summed E-state index contributed by atoms with van der Waals surface area (Å²) in [7, 11) is 0. The van der Waals surface area contributed by atoms with Gasteiger partial charge in [0.15, 0.2) is 0 Å². The average Bonchev–Trinajstić information content (AvgIpc) is 3.07. The number of nitrogens with zero attached hydrogens (tertiary/aromatic N) is 3. The van der Waals surface area contributed by atoms with Gasteiger partial charge in [-0.15, -0.1) is 0 Å². The Morgan fingerprint density at radius 3 is 2.55 bits per heavy atom. The highest BCUT2D eigenvalue weighted by molar-refractivity contribution is 7.15. The Morgan fingerprint density at radius 1 is 1.03 bits per heavy atom. The monoisotopic (exact) mass is 433 g/mol. The Bertz CT molecular complexity index is 1330. The largest absolute Gasteiger partial charge is 0.494 e. The summed E-state index contributed by atoms with van der Waals surface area (Å²) in [5.41, 5.74) is 1.40. The molecule has 4 rings (SSSR count). The van der Waals surface area contributed by atoms with E-state index >= 15 is 0 Å². The predicted octanol–water partition coefficient (Wildman–Crippen LogP) is 3.22. The number of ether oxygens (including phenoxy) is 1. The predicted molar refractivity (Wildman–Crippen MR) is 123 cm³/mol. The van der Waals surface area contributed by atoms with Crippen LogP contribution in [0.4, 0.5) is 0 Å². The minimum atomic E-state index is -0.402. The minimum absolute atomic E-state index is 0.259. The fourth-order valence-electron chi connectivity index (χ4n) is 3.19. The summed E-state index contributed by atoms with van der Waals surface area (Å²) in [5, 5.41) is 4.29. The molecule has 31 heavy (non-hydrogen) atoms. The molecule has 4 aromatic rings. The second-order valence-corrected chi connectivity index (χ2v) is 8.27. The molecule has 2 aromatic heterocycles. The van der Waals surface area contributed by atoms with Crippen LogP contribution in [0.15, 0.2) is 64.2 Å². The maximum atomic E-state index is 12.8. The van der Waals surface area contributed by atoms with Crippen molar-refractivity contribution in [2.24, 2.45) is 0 Å². The zero-order valence-corrected chi connectivity index (χ0v) is 18.1. The van der Waals surface area contributed by atoms with Gasteiger partial charge in [0, 0.05) is 6.42 Å². The normalized spacial score (nSPS) is 11.8. The lowest BCUT2D eigenvalue weighted by Gasteiger charge is -2.05. The van der Waals surface area contributed by atoms with E-state index in [0.29, 0.717) is 22.5 Å². The molecule has 7 heteroatoms. The quantitative estimate of drug-likeness (QED) is 0.399. The van der Waals surface area contributed by atoms with Gasteiger partial charge in [0.1, 0.15) is 11.4 Å². The number of unbranched alkanes of at least 4 members (excludes halogenated alkanes) is 2. The molecule has 6 nitrogen and oxygen atoms in total. The fourth-order valence-corrected chi connectivity index (χ4v) is 4.10. The Hall–Kier alpha value is -3.32. The van der Waals surface area contributed by atoms with Crippen molar-refractivity contribution < 1.29 is 4.74 Å². The molecule has 0 amide bonds. The minimum Gasteiger partial charge on any atom is -0.494 e. The number of benzene rings is 2. The third-order valence-electron chi connectivity index (χ3n) is 4.86. The molecule has 0 unspecified atom stereocenters. The van der Waals surface area contributed by atoms with E-state index in [2.05, 4.69) is 17.0 Å². The number of hydrogen-bond acceptors (Lipinski definition) is 6. The van der Waals surface area contributed by atoms with Gasteiger partial charge >= 0.3 is 0 Å². The molecular weight excluding hydrogens is 410 g/mol. The van der Waals surface area contributed by atoms with Gasteiger partial charge in [0.2, 0.25) is 4.96 Å². The molecule has 0 saturated carbocycles. The van der Waals surface area contributed by atoms with Gasteiger partial charge in [0.05, 0.1) is 11.1 Å². The average molecular weight is 434 g/mol. The molecule has 0 aliphatic carbocycles. The van der Waals surface area contributed by atoms with E-state index in [1.54, 1.807) is 6.08 Å². The third-order valence-corrected chi connectivity index (χ3v) is 5.82. The van der Waals surface area contributed by atoms with Crippen molar-refractivity contribution >= 4 is 22.4 Å². The zero-order chi connectivity index (χ0) is 21.6. The van der Waals surface area contributed by atoms with Crippen LogP contribution in [0.5, 0.6) is 5.75 Å². The molecule has 0 N–H and O–H groups in total. The molecule has 0 aliphatic heterocycles. The van der Waals surface area contributed by atoms with Gasteiger partial charge < -0.3 is 4.74 Å². The first-order valence-corrected chi connectivity index (χ1v) is 11.2. The van der Waals surface area contributed by atoms with Crippen LogP contribution < -0.4 is 20.4 Å². The molecule has 0 bridgehead atoms. The lowest BCUT2D eigenvalue weighted by molar-refractivity contribution is 0.306. The van der Waals surface area contributed by atoms with Crippen LogP contribution in [0, 0.1) is 0 Å². The van der Waals surface area contributed by atoms with Crippen molar-refractivity contribution in [1.82, 2.24) is 14.6 Å². The molecule has 0 saturated heterocycles. The zero-order valence-electron chi connectivity index (χ0n) is 17.3. The van der Waals surface area contributed by atoms with E-state index in [-0.39, 0.29) is 11.3 Å². The Balaban J connectivity index is 1.59. The van der Waals surface area contributed by atoms with Crippen molar-refractivity contribution in [3.63, 3.8) is 0 Å². The number of hydrogen-bond donors (Lipinski definition) is 0. The first-order chi connectivity index (χ1) is 15.1. The number of fused-ring (bicyclic) bond motifs is 1. The van der Waals surface area contributed by atoms with Crippen molar-refractivity contribution in [3.05, 3.63) is 96.7 Å². The summed E-state index contributed by atoms with van der Waals surface area (Å²) >= 11 is 1.16. The summed E-state index contributed by atoms with van der Waals surface area (Å²) in [4.78, 5) is 29.6. The highest BCUT2D eigenvalue weighted by Gasteiger charge is 2.11. The van der Waals surface area contributed by atoms with E-state index < -0.39 is 5.56 Å². The smallest absolute Gasteiger partial charge is 0.296 e. The van der Waals surface area contributed by atoms with E-state index in [1.807, 2.05) is 54.6 Å². The van der Waals surface area contributed by atoms with Crippen molar-refractivity contribution in [3.8, 4) is 5.75 Å². The van der Waals surface area contributed by atoms with Crippen LogP contribution in [0.2, 0.25) is 0 Å². The van der Waals surface area contributed by atoms with Crippen molar-refractivity contribution in [1.29, 1.82) is 0 Å². The summed E-state index contributed by atoms with van der Waals surface area (Å²) in [6.45, 7) is 2.86. The van der Waals surface area contributed by atoms with Crippen LogP contribution in [0.3, 0.4) is 0 Å². The van der Waals surface area contributed by atoms with Gasteiger partial charge in [-0.3, -0.25) is 9.59 Å². The van der Waals surface area contributed by atoms with E-state index in [9.17, 15) is 9.59 Å². The number of rotatable bonds is 8.